The largest absolute Gasteiger partial charge is 0.294 e. The van der Waals surface area contributed by atoms with E-state index in [0.29, 0.717) is 14.8 Å². The Kier molecular flexibility index (Phi) is 4.72. The van der Waals surface area contributed by atoms with Crippen LogP contribution in [0.2, 0.25) is 5.02 Å². The normalized spacial score (nSPS) is 10.0. The molecule has 0 bridgehead atoms. The molecule has 2 N–H and O–H groups in total. The molecule has 1 aromatic heterocycles. The van der Waals surface area contributed by atoms with E-state index in [1.807, 2.05) is 0 Å². The van der Waals surface area contributed by atoms with Gasteiger partial charge >= 0.3 is 0 Å². The first-order valence-electron chi connectivity index (χ1n) is 5.95. The molecule has 5 nitrogen and oxygen atoms in total. The quantitative estimate of drug-likeness (QED) is 0.674. The number of amides is 2. The fraction of sp³-hybridized carbons (Fsp3) is 0.0714. The van der Waals surface area contributed by atoms with Crippen LogP contribution < -0.4 is 10.9 Å². The smallest absolute Gasteiger partial charge is 0.279 e. The predicted octanol–water partition coefficient (Wildman–Crippen LogP) is 2.68. The van der Waals surface area contributed by atoms with Gasteiger partial charge in [0.1, 0.15) is 0 Å². The van der Waals surface area contributed by atoms with E-state index in [-0.39, 0.29) is 11.3 Å². The van der Waals surface area contributed by atoms with Gasteiger partial charge in [0.15, 0.2) is 5.78 Å². The summed E-state index contributed by atoms with van der Waals surface area (Å²) >= 11 is 6.94. The van der Waals surface area contributed by atoms with Crippen molar-refractivity contribution in [3.63, 3.8) is 0 Å². The molecule has 0 saturated carbocycles. The molecular formula is C14H11ClN2O3S. The van der Waals surface area contributed by atoms with Gasteiger partial charge < -0.3 is 0 Å². The number of rotatable bonds is 3. The first-order valence-corrected chi connectivity index (χ1v) is 7.14. The molecule has 0 unspecified atom stereocenters. The van der Waals surface area contributed by atoms with Crippen molar-refractivity contribution in [3.05, 3.63) is 56.7 Å². The zero-order chi connectivity index (χ0) is 15.4. The van der Waals surface area contributed by atoms with Crippen LogP contribution in [0.3, 0.4) is 0 Å². The van der Waals surface area contributed by atoms with Crippen LogP contribution in [-0.2, 0) is 0 Å². The average molecular weight is 323 g/mol. The van der Waals surface area contributed by atoms with Crippen molar-refractivity contribution in [1.29, 1.82) is 0 Å². The summed E-state index contributed by atoms with van der Waals surface area (Å²) in [6.45, 7) is 1.42. The van der Waals surface area contributed by atoms with Gasteiger partial charge in [0, 0.05) is 0 Å². The number of thiophene rings is 1. The third-order valence-corrected chi connectivity index (χ3v) is 4.10. The van der Waals surface area contributed by atoms with E-state index < -0.39 is 11.8 Å². The first-order chi connectivity index (χ1) is 9.99. The van der Waals surface area contributed by atoms with Gasteiger partial charge in [-0.25, -0.2) is 0 Å². The van der Waals surface area contributed by atoms with E-state index in [0.717, 1.165) is 11.3 Å². The van der Waals surface area contributed by atoms with E-state index in [4.69, 9.17) is 11.6 Å². The van der Waals surface area contributed by atoms with Gasteiger partial charge in [-0.15, -0.1) is 11.3 Å². The SMILES string of the molecule is CC(=O)c1ccc(C(=O)NNC(=O)c2ccccc2Cl)s1. The summed E-state index contributed by atoms with van der Waals surface area (Å²) < 4.78 is 0. The minimum atomic E-state index is -0.516. The van der Waals surface area contributed by atoms with Gasteiger partial charge in [-0.1, -0.05) is 23.7 Å². The average Bonchev–Trinajstić information content (AvgIpc) is 2.95. The van der Waals surface area contributed by atoms with E-state index in [1.165, 1.54) is 13.0 Å². The van der Waals surface area contributed by atoms with Crippen molar-refractivity contribution < 1.29 is 14.4 Å². The van der Waals surface area contributed by atoms with E-state index in [2.05, 4.69) is 10.9 Å². The van der Waals surface area contributed by atoms with Gasteiger partial charge in [0.05, 0.1) is 20.3 Å². The number of carbonyl (C=O) groups is 3. The highest BCUT2D eigenvalue weighted by molar-refractivity contribution is 7.15. The monoisotopic (exact) mass is 322 g/mol. The van der Waals surface area contributed by atoms with Gasteiger partial charge in [0.2, 0.25) is 0 Å². The second-order valence-corrected chi connectivity index (χ2v) is 5.60. The molecule has 1 heterocycles. The Labute approximate surface area is 129 Å². The van der Waals surface area contributed by atoms with Crippen molar-refractivity contribution in [2.45, 2.75) is 6.92 Å². The van der Waals surface area contributed by atoms with Gasteiger partial charge in [-0.05, 0) is 31.2 Å². The van der Waals surface area contributed by atoms with Crippen LogP contribution in [0.15, 0.2) is 36.4 Å². The highest BCUT2D eigenvalue weighted by Crippen LogP contribution is 2.17. The Hall–Kier alpha value is -2.18. The molecule has 0 fully saturated rings. The number of nitrogens with one attached hydrogen (secondary N) is 2. The Morgan fingerprint density at radius 2 is 1.57 bits per heavy atom. The second kappa shape index (κ2) is 6.51. The molecular weight excluding hydrogens is 312 g/mol. The van der Waals surface area contributed by atoms with Crippen LogP contribution in [0.4, 0.5) is 0 Å². The minimum absolute atomic E-state index is 0.112. The molecule has 108 valence electrons. The van der Waals surface area contributed by atoms with Crippen LogP contribution in [0.1, 0.15) is 36.6 Å². The Morgan fingerprint density at radius 3 is 2.19 bits per heavy atom. The summed E-state index contributed by atoms with van der Waals surface area (Å²) in [5.41, 5.74) is 4.81. The Morgan fingerprint density at radius 1 is 0.952 bits per heavy atom. The molecule has 2 aromatic rings. The van der Waals surface area contributed by atoms with Crippen molar-refractivity contribution >= 4 is 40.5 Å². The van der Waals surface area contributed by atoms with Gasteiger partial charge in [0.25, 0.3) is 11.8 Å². The van der Waals surface area contributed by atoms with E-state index in [1.54, 1.807) is 30.3 Å². The minimum Gasteiger partial charge on any atom is -0.294 e. The van der Waals surface area contributed by atoms with Crippen LogP contribution >= 0.6 is 22.9 Å². The maximum absolute atomic E-state index is 11.9. The molecule has 1 aromatic carbocycles. The highest BCUT2D eigenvalue weighted by Gasteiger charge is 2.14. The summed E-state index contributed by atoms with van der Waals surface area (Å²) in [7, 11) is 0. The Balaban J connectivity index is 1.99. The second-order valence-electron chi connectivity index (χ2n) is 4.11. The van der Waals surface area contributed by atoms with Crippen LogP contribution in [0.25, 0.3) is 0 Å². The molecule has 0 aliphatic carbocycles. The van der Waals surface area contributed by atoms with Crippen molar-refractivity contribution in [3.8, 4) is 0 Å². The summed E-state index contributed by atoms with van der Waals surface area (Å²) in [5.74, 6) is -1.12. The fourth-order valence-corrected chi connectivity index (χ4v) is 2.56. The lowest BCUT2D eigenvalue weighted by Gasteiger charge is -2.07. The third kappa shape index (κ3) is 3.68. The lowest BCUT2D eigenvalue weighted by Crippen LogP contribution is -2.41. The molecule has 2 rings (SSSR count). The standard InChI is InChI=1S/C14H11ClN2O3S/c1-8(18)11-6-7-12(21-11)14(20)17-16-13(19)9-4-2-3-5-10(9)15/h2-7H,1H3,(H,16,19)(H,17,20). The molecule has 21 heavy (non-hydrogen) atoms. The lowest BCUT2D eigenvalue weighted by atomic mass is 10.2. The zero-order valence-electron chi connectivity index (χ0n) is 11.0. The summed E-state index contributed by atoms with van der Waals surface area (Å²) in [4.78, 5) is 35.7. The maximum Gasteiger partial charge on any atom is 0.279 e. The number of ketones is 1. The molecule has 0 aliphatic rings. The number of Topliss-reactive ketones (excluding diaryl/α,β-unsaturated/α-hetero) is 1. The molecule has 0 radical (unpaired) electrons. The summed E-state index contributed by atoms with van der Waals surface area (Å²) in [5, 5.41) is 0.291. The lowest BCUT2D eigenvalue weighted by molar-refractivity contribution is 0.0849. The van der Waals surface area contributed by atoms with Gasteiger partial charge in [-0.2, -0.15) is 0 Å². The van der Waals surface area contributed by atoms with Crippen LogP contribution in [-0.4, -0.2) is 17.6 Å². The number of hydrazine groups is 1. The summed E-state index contributed by atoms with van der Waals surface area (Å²) in [6.07, 6.45) is 0. The zero-order valence-corrected chi connectivity index (χ0v) is 12.5. The van der Waals surface area contributed by atoms with Crippen molar-refractivity contribution in [2.75, 3.05) is 0 Å². The number of benzene rings is 1. The number of hydrogen-bond donors (Lipinski definition) is 2. The summed E-state index contributed by atoms with van der Waals surface area (Å²) in [6, 6.07) is 9.59. The number of hydrogen-bond acceptors (Lipinski definition) is 4. The fourth-order valence-electron chi connectivity index (χ4n) is 1.54. The van der Waals surface area contributed by atoms with E-state index in [9.17, 15) is 14.4 Å². The predicted molar refractivity (Wildman–Crippen MR) is 80.7 cm³/mol. The van der Waals surface area contributed by atoms with Crippen LogP contribution in [0.5, 0.6) is 0 Å². The highest BCUT2D eigenvalue weighted by atomic mass is 35.5. The van der Waals surface area contributed by atoms with E-state index >= 15 is 0 Å². The molecule has 2 amide bonds. The van der Waals surface area contributed by atoms with Gasteiger partial charge in [-0.3, -0.25) is 25.2 Å². The number of halogens is 1. The molecule has 0 saturated heterocycles. The molecule has 0 spiro atoms. The topological polar surface area (TPSA) is 75.3 Å². The maximum atomic E-state index is 11.9. The number of carbonyl (C=O) groups excluding carboxylic acids is 3. The molecule has 0 aliphatic heterocycles. The molecule has 0 atom stereocenters. The molecule has 7 heteroatoms. The third-order valence-electron chi connectivity index (χ3n) is 2.58. The Bertz CT molecular complexity index is 712. The van der Waals surface area contributed by atoms with Crippen molar-refractivity contribution in [2.24, 2.45) is 0 Å². The first kappa shape index (κ1) is 15.2. The van der Waals surface area contributed by atoms with Crippen molar-refractivity contribution in [1.82, 2.24) is 10.9 Å². The van der Waals surface area contributed by atoms with Crippen LogP contribution in [0, 0.1) is 0 Å².